The summed E-state index contributed by atoms with van der Waals surface area (Å²) in [5.41, 5.74) is 0. The van der Waals surface area contributed by atoms with Gasteiger partial charge in [-0.15, -0.1) is 0 Å². The van der Waals surface area contributed by atoms with E-state index in [1.54, 1.807) is 0 Å². The predicted molar refractivity (Wildman–Crippen MR) is 2.79 cm³/mol. The maximum atomic E-state index is 0. The first kappa shape index (κ1) is 71.3. The van der Waals surface area contributed by atoms with Crippen molar-refractivity contribution < 1.29 is 69.1 Å². The van der Waals surface area contributed by atoms with Gasteiger partial charge in [0.05, 0.1) is 12.4 Å². The van der Waals surface area contributed by atoms with Crippen LogP contribution in [0, 0.1) is 12.4 Å². The molecule has 0 aliphatic rings. The summed E-state index contributed by atoms with van der Waals surface area (Å²) in [6.07, 6.45) is 0. The Morgan fingerprint density at radius 1 is 0.600 bits per heavy atom. The molecule has 5 heavy (non-hydrogen) atoms. The number of hydrogen-bond acceptors (Lipinski definition) is 0. The van der Waals surface area contributed by atoms with E-state index in [4.69, 9.17) is 0 Å². The third kappa shape index (κ3) is 26.0. The summed E-state index contributed by atoms with van der Waals surface area (Å²) in [6.45, 7) is 0. The predicted octanol–water partition coefficient (Wildman–Crippen LogP) is -9.53. The molecule has 0 aliphatic heterocycles. The third-order valence-electron chi connectivity index (χ3n) is 0. The van der Waals surface area contributed by atoms with Crippen molar-refractivity contribution in [2.24, 2.45) is 0 Å². The van der Waals surface area contributed by atoms with Crippen molar-refractivity contribution in [3.63, 3.8) is 0 Å². The van der Waals surface area contributed by atoms with Crippen molar-refractivity contribution in [3.05, 3.63) is 0 Å². The van der Waals surface area contributed by atoms with Crippen LogP contribution in [-0.2, 0) is 19.5 Å². The van der Waals surface area contributed by atoms with E-state index in [1.807, 2.05) is 0 Å². The Morgan fingerprint density at radius 2 is 0.600 bits per heavy atom. The summed E-state index contributed by atoms with van der Waals surface area (Å²) in [5.74, 6) is 0. The maximum absolute atomic E-state index is 0. The molecule has 32 valence electrons. The van der Waals surface area contributed by atoms with Gasteiger partial charge in [-0.25, -0.2) is 0 Å². The Kier molecular flexibility index (Phi) is 594. The molecule has 0 aromatic heterocycles. The zero-order chi connectivity index (χ0) is 0. The monoisotopic (exact) mass is 206 g/mol. The molecule has 0 nitrogen and oxygen atoms in total. The van der Waals surface area contributed by atoms with Gasteiger partial charge < -0.3 is 37.2 Å². The van der Waals surface area contributed by atoms with Crippen LogP contribution in [-0.4, -0.2) is 0 Å². The van der Waals surface area contributed by atoms with Crippen molar-refractivity contribution in [1.82, 2.24) is 0 Å². The SMILES string of the molecule is [Cl-].[Cl-].[Cl-].[ClH2+].[Zn+2]. The smallest absolute Gasteiger partial charge is 1.00 e. The zero-order valence-corrected chi connectivity index (χ0v) is 8.42. The fourth-order valence-corrected chi connectivity index (χ4v) is 0. The molecule has 0 spiro atoms. The Balaban J connectivity index is 0. The van der Waals surface area contributed by atoms with Crippen LogP contribution in [0.3, 0.4) is 0 Å². The van der Waals surface area contributed by atoms with E-state index in [2.05, 4.69) is 0 Å². The summed E-state index contributed by atoms with van der Waals surface area (Å²) in [4.78, 5) is 0. The quantitative estimate of drug-likeness (QED) is 0.348. The van der Waals surface area contributed by atoms with Gasteiger partial charge in [0.2, 0.25) is 0 Å². The van der Waals surface area contributed by atoms with Gasteiger partial charge in [0.25, 0.3) is 0 Å². The van der Waals surface area contributed by atoms with Crippen molar-refractivity contribution in [3.8, 4) is 0 Å². The molecule has 0 bridgehead atoms. The maximum Gasteiger partial charge on any atom is 2.00 e. The summed E-state index contributed by atoms with van der Waals surface area (Å²) in [7, 11) is 0. The molecule has 0 saturated heterocycles. The summed E-state index contributed by atoms with van der Waals surface area (Å²) in [6, 6.07) is 0. The van der Waals surface area contributed by atoms with Crippen molar-refractivity contribution >= 4 is 0 Å². The van der Waals surface area contributed by atoms with Crippen molar-refractivity contribution in [2.75, 3.05) is 0 Å². The number of hydrogen-bond donors (Lipinski definition) is 0. The Hall–Kier alpha value is 1.78. The van der Waals surface area contributed by atoms with Gasteiger partial charge in [-0.3, -0.25) is 0 Å². The molecular formula is H2Cl4Zn. The second kappa shape index (κ2) is 41.6. The average Bonchev–Trinajstić information content (AvgIpc) is 0. The molecule has 0 saturated carbocycles. The molecule has 0 radical (unpaired) electrons. The standard InChI is InChI=1S/ClH2.3ClH.Zn/h1H2;3*1H;/q+1;;;;+2/p-3. The first-order chi connectivity index (χ1) is 0. The van der Waals surface area contributed by atoms with Crippen LogP contribution in [0.15, 0.2) is 0 Å². The summed E-state index contributed by atoms with van der Waals surface area (Å²) >= 11 is 0. The van der Waals surface area contributed by atoms with Gasteiger partial charge in [-0.05, 0) is 0 Å². The topological polar surface area (TPSA) is 0 Å². The second-order valence-corrected chi connectivity index (χ2v) is 0. The van der Waals surface area contributed by atoms with Crippen LogP contribution in [0.25, 0.3) is 0 Å². The van der Waals surface area contributed by atoms with Gasteiger partial charge in [-0.2, -0.15) is 0 Å². The molecule has 5 heteroatoms. The normalized spacial score (nSPS) is 0. The minimum atomic E-state index is 0. The van der Waals surface area contributed by atoms with Gasteiger partial charge >= 0.3 is 19.5 Å². The van der Waals surface area contributed by atoms with Crippen LogP contribution >= 0.6 is 0 Å². The third-order valence-corrected chi connectivity index (χ3v) is 0. The minimum absolute atomic E-state index is 0. The molecule has 0 fully saturated rings. The zero-order valence-electron chi connectivity index (χ0n) is 2.29. The molecule has 0 atom stereocenters. The van der Waals surface area contributed by atoms with Gasteiger partial charge in [0, 0.05) is 0 Å². The van der Waals surface area contributed by atoms with E-state index in [0.717, 1.165) is 0 Å². The first-order valence-electron chi connectivity index (χ1n) is 0. The molecule has 0 unspecified atom stereocenters. The average molecular weight is 209 g/mol. The molecule has 0 amide bonds. The molecule has 0 N–H and O–H groups in total. The number of rotatable bonds is 0. The Morgan fingerprint density at radius 3 is 0.600 bits per heavy atom. The summed E-state index contributed by atoms with van der Waals surface area (Å²) < 4.78 is 0. The van der Waals surface area contributed by atoms with E-state index in [-0.39, 0.29) is 69.1 Å². The van der Waals surface area contributed by atoms with Crippen LogP contribution in [0.1, 0.15) is 0 Å². The molecular weight excluding hydrogens is 207 g/mol. The fourth-order valence-electron chi connectivity index (χ4n) is 0. The van der Waals surface area contributed by atoms with E-state index in [0.29, 0.717) is 0 Å². The molecule has 0 rings (SSSR count). The van der Waals surface area contributed by atoms with Gasteiger partial charge in [0.15, 0.2) is 0 Å². The minimum Gasteiger partial charge on any atom is -1.00 e. The van der Waals surface area contributed by atoms with Gasteiger partial charge in [-0.1, -0.05) is 0 Å². The first-order valence-corrected chi connectivity index (χ1v) is 0. The summed E-state index contributed by atoms with van der Waals surface area (Å²) in [5, 5.41) is 0. The van der Waals surface area contributed by atoms with Crippen LogP contribution in [0.4, 0.5) is 0 Å². The van der Waals surface area contributed by atoms with E-state index in [9.17, 15) is 0 Å². The molecule has 0 aliphatic carbocycles. The Bertz CT molecular complexity index is 3.61. The number of halogens is 4. The van der Waals surface area contributed by atoms with Crippen molar-refractivity contribution in [2.45, 2.75) is 0 Å². The largest absolute Gasteiger partial charge is 2.00 e. The van der Waals surface area contributed by atoms with Gasteiger partial charge in [0.1, 0.15) is 0 Å². The van der Waals surface area contributed by atoms with Crippen LogP contribution < -0.4 is 37.2 Å². The van der Waals surface area contributed by atoms with Crippen molar-refractivity contribution in [1.29, 1.82) is 0 Å². The molecule has 0 aromatic rings. The van der Waals surface area contributed by atoms with E-state index < -0.39 is 0 Å². The molecule has 0 heterocycles. The Labute approximate surface area is 68.9 Å². The fraction of sp³-hybridized carbons (Fsp3) is 0. The van der Waals surface area contributed by atoms with Crippen LogP contribution in [0.2, 0.25) is 0 Å². The molecule has 0 aromatic carbocycles. The van der Waals surface area contributed by atoms with Crippen LogP contribution in [0.5, 0.6) is 0 Å². The second-order valence-electron chi connectivity index (χ2n) is 0. The van der Waals surface area contributed by atoms with E-state index in [1.165, 1.54) is 0 Å². The van der Waals surface area contributed by atoms with E-state index >= 15 is 0 Å².